The van der Waals surface area contributed by atoms with E-state index in [1.807, 2.05) is 24.0 Å². The van der Waals surface area contributed by atoms with Crippen molar-refractivity contribution in [1.82, 2.24) is 24.6 Å². The maximum atomic E-state index is 12.6. The molecular weight excluding hydrogens is 428 g/mol. The van der Waals surface area contributed by atoms with Gasteiger partial charge in [0.05, 0.1) is 23.0 Å². The predicted octanol–water partition coefficient (Wildman–Crippen LogP) is 3.31. The minimum Gasteiger partial charge on any atom is -0.484 e. The van der Waals surface area contributed by atoms with Crippen molar-refractivity contribution in [3.63, 3.8) is 0 Å². The molecule has 174 valence electrons. The first kappa shape index (κ1) is 22.1. The molecule has 1 aliphatic heterocycles. The lowest BCUT2D eigenvalue weighted by atomic mass is 9.92. The van der Waals surface area contributed by atoms with Crippen LogP contribution in [-0.4, -0.2) is 63.7 Å². The largest absolute Gasteiger partial charge is 0.484 e. The summed E-state index contributed by atoms with van der Waals surface area (Å²) < 4.78 is 8.18. The minimum absolute atomic E-state index is 0.00182. The number of likely N-dealkylation sites (N-methyl/N-ethyl adjacent to an activating group) is 1. The molecule has 0 bridgehead atoms. The number of aromatic nitrogens is 3. The zero-order valence-corrected chi connectivity index (χ0v) is 19.6. The van der Waals surface area contributed by atoms with E-state index in [2.05, 4.69) is 34.2 Å². The molecular formula is C26H28N6O2. The van der Waals surface area contributed by atoms with E-state index in [0.29, 0.717) is 5.56 Å². The van der Waals surface area contributed by atoms with Crippen molar-refractivity contribution in [3.05, 3.63) is 59.1 Å². The monoisotopic (exact) mass is 456 g/mol. The number of benzene rings is 1. The number of amides is 1. The second kappa shape index (κ2) is 9.27. The van der Waals surface area contributed by atoms with Gasteiger partial charge in [-0.1, -0.05) is 0 Å². The molecule has 8 nitrogen and oxygen atoms in total. The summed E-state index contributed by atoms with van der Waals surface area (Å²) in [6.45, 7) is 5.28. The molecule has 2 aromatic heterocycles. The highest BCUT2D eigenvalue weighted by Crippen LogP contribution is 2.35. The third-order valence-corrected chi connectivity index (χ3v) is 6.68. The van der Waals surface area contributed by atoms with E-state index in [1.54, 1.807) is 29.4 Å². The van der Waals surface area contributed by atoms with E-state index in [9.17, 15) is 10.1 Å². The first-order valence-electron chi connectivity index (χ1n) is 11.7. The zero-order chi connectivity index (χ0) is 23.7. The SMILES string of the molecule is Cc1cc2cnn(C=CC(=O)N3CCN(C)CC3)c2cc1OC1CCCc2cc(C#N)cnc21. The molecule has 34 heavy (non-hydrogen) atoms. The molecule has 0 saturated carbocycles. The molecule has 0 spiro atoms. The summed E-state index contributed by atoms with van der Waals surface area (Å²) >= 11 is 0. The Balaban J connectivity index is 1.38. The summed E-state index contributed by atoms with van der Waals surface area (Å²) in [6.07, 6.45) is 9.36. The lowest BCUT2D eigenvalue weighted by molar-refractivity contribution is -0.127. The van der Waals surface area contributed by atoms with Crippen molar-refractivity contribution < 1.29 is 9.53 Å². The normalized spacial score (nSPS) is 18.7. The third-order valence-electron chi connectivity index (χ3n) is 6.68. The standard InChI is InChI=1S/C26H28N6O2/c1-18-12-21-17-29-32(7-6-25(33)31-10-8-30(2)9-11-31)22(21)14-24(18)34-23-5-3-4-20-13-19(15-27)16-28-26(20)23/h6-7,12-14,16-17,23H,3-5,8-11H2,1-2H3. The number of carbonyl (C=O) groups is 1. The molecule has 1 amide bonds. The number of piperazine rings is 1. The van der Waals surface area contributed by atoms with Gasteiger partial charge in [-0.3, -0.25) is 9.78 Å². The maximum absolute atomic E-state index is 12.6. The summed E-state index contributed by atoms with van der Waals surface area (Å²) in [5.74, 6) is 0.777. The average Bonchev–Trinajstić information content (AvgIpc) is 3.24. The number of hydrogen-bond acceptors (Lipinski definition) is 6. The van der Waals surface area contributed by atoms with Crippen LogP contribution in [-0.2, 0) is 11.2 Å². The van der Waals surface area contributed by atoms with Crippen molar-refractivity contribution in [2.24, 2.45) is 0 Å². The van der Waals surface area contributed by atoms with E-state index in [4.69, 9.17) is 4.74 Å². The summed E-state index contributed by atoms with van der Waals surface area (Å²) in [4.78, 5) is 21.2. The summed E-state index contributed by atoms with van der Waals surface area (Å²) in [6, 6.07) is 8.13. The number of rotatable bonds is 4. The van der Waals surface area contributed by atoms with Crippen molar-refractivity contribution in [1.29, 1.82) is 5.26 Å². The summed E-state index contributed by atoms with van der Waals surface area (Å²) in [7, 11) is 2.07. The van der Waals surface area contributed by atoms with E-state index in [1.165, 1.54) is 0 Å². The van der Waals surface area contributed by atoms with Gasteiger partial charge in [-0.15, -0.1) is 0 Å². The molecule has 3 heterocycles. The van der Waals surface area contributed by atoms with Crippen LogP contribution in [0.3, 0.4) is 0 Å². The van der Waals surface area contributed by atoms with Gasteiger partial charge in [-0.05, 0) is 56.5 Å². The number of carbonyl (C=O) groups excluding carboxylic acids is 1. The Labute approximate surface area is 199 Å². The molecule has 1 unspecified atom stereocenters. The number of ether oxygens (including phenoxy) is 1. The summed E-state index contributed by atoms with van der Waals surface area (Å²) in [5.41, 5.74) is 4.48. The van der Waals surface area contributed by atoms with Gasteiger partial charge in [0, 0.05) is 56.1 Å². The first-order valence-corrected chi connectivity index (χ1v) is 11.7. The Morgan fingerprint density at radius 1 is 1.21 bits per heavy atom. The van der Waals surface area contributed by atoms with Gasteiger partial charge in [0.1, 0.15) is 17.9 Å². The van der Waals surface area contributed by atoms with Crippen LogP contribution in [0.25, 0.3) is 17.1 Å². The van der Waals surface area contributed by atoms with Gasteiger partial charge < -0.3 is 14.5 Å². The van der Waals surface area contributed by atoms with Crippen LogP contribution >= 0.6 is 0 Å². The topological polar surface area (TPSA) is 87.3 Å². The number of nitriles is 1. The van der Waals surface area contributed by atoms with E-state index >= 15 is 0 Å². The highest BCUT2D eigenvalue weighted by molar-refractivity contribution is 5.91. The number of aryl methyl sites for hydroxylation is 2. The van der Waals surface area contributed by atoms with Crippen molar-refractivity contribution in [2.45, 2.75) is 32.3 Å². The molecule has 1 saturated heterocycles. The maximum Gasteiger partial charge on any atom is 0.248 e. The van der Waals surface area contributed by atoms with E-state index in [0.717, 1.165) is 78.9 Å². The van der Waals surface area contributed by atoms with Crippen LogP contribution in [0.5, 0.6) is 5.75 Å². The van der Waals surface area contributed by atoms with Crippen molar-refractivity contribution >= 4 is 23.0 Å². The lowest BCUT2D eigenvalue weighted by Gasteiger charge is -2.31. The first-order chi connectivity index (χ1) is 16.5. The van der Waals surface area contributed by atoms with Crippen molar-refractivity contribution in [2.75, 3.05) is 33.2 Å². The number of pyridine rings is 1. The molecule has 0 N–H and O–H groups in total. The van der Waals surface area contributed by atoms with E-state index < -0.39 is 0 Å². The van der Waals surface area contributed by atoms with Crippen LogP contribution in [0, 0.1) is 18.3 Å². The van der Waals surface area contributed by atoms with E-state index in [-0.39, 0.29) is 12.0 Å². The molecule has 0 radical (unpaired) electrons. The predicted molar refractivity (Wildman–Crippen MR) is 129 cm³/mol. The van der Waals surface area contributed by atoms with Crippen LogP contribution in [0.1, 0.15) is 41.3 Å². The molecule has 3 aromatic rings. The molecule has 2 aliphatic rings. The van der Waals surface area contributed by atoms with Gasteiger partial charge in [0.15, 0.2) is 0 Å². The van der Waals surface area contributed by atoms with Crippen LogP contribution in [0.4, 0.5) is 0 Å². The average molecular weight is 457 g/mol. The Hall–Kier alpha value is -3.70. The van der Waals surface area contributed by atoms with Gasteiger partial charge in [0.2, 0.25) is 5.91 Å². The van der Waals surface area contributed by atoms with Crippen LogP contribution < -0.4 is 4.74 Å². The number of fused-ring (bicyclic) bond motifs is 2. The second-order valence-corrected chi connectivity index (χ2v) is 9.09. The second-order valence-electron chi connectivity index (χ2n) is 9.09. The van der Waals surface area contributed by atoms with Crippen LogP contribution in [0.2, 0.25) is 0 Å². The van der Waals surface area contributed by atoms with Gasteiger partial charge in [0.25, 0.3) is 0 Å². The fraction of sp³-hybridized carbons (Fsp3) is 0.385. The number of hydrogen-bond donors (Lipinski definition) is 0. The van der Waals surface area contributed by atoms with Crippen LogP contribution in [0.15, 0.2) is 36.7 Å². The highest BCUT2D eigenvalue weighted by Gasteiger charge is 2.24. The third kappa shape index (κ3) is 4.39. The molecule has 1 aromatic carbocycles. The molecule has 5 rings (SSSR count). The minimum atomic E-state index is -0.154. The summed E-state index contributed by atoms with van der Waals surface area (Å²) in [5, 5.41) is 14.6. The zero-order valence-electron chi connectivity index (χ0n) is 19.6. The Bertz CT molecular complexity index is 1300. The molecule has 1 aliphatic carbocycles. The molecule has 1 fully saturated rings. The molecule has 1 atom stereocenters. The Morgan fingerprint density at radius 3 is 2.82 bits per heavy atom. The fourth-order valence-corrected chi connectivity index (χ4v) is 4.66. The quantitative estimate of drug-likeness (QED) is 0.560. The van der Waals surface area contributed by atoms with Gasteiger partial charge in [-0.2, -0.15) is 10.4 Å². The number of nitrogens with zero attached hydrogens (tertiary/aromatic N) is 6. The van der Waals surface area contributed by atoms with Crippen molar-refractivity contribution in [3.8, 4) is 11.8 Å². The Kier molecular flexibility index (Phi) is 6.03. The Morgan fingerprint density at radius 2 is 2.03 bits per heavy atom. The fourth-order valence-electron chi connectivity index (χ4n) is 4.66. The van der Waals surface area contributed by atoms with Gasteiger partial charge >= 0.3 is 0 Å². The lowest BCUT2D eigenvalue weighted by Crippen LogP contribution is -2.46. The highest BCUT2D eigenvalue weighted by atomic mass is 16.5. The van der Waals surface area contributed by atoms with Gasteiger partial charge in [-0.25, -0.2) is 4.68 Å². The smallest absolute Gasteiger partial charge is 0.248 e. The molecule has 8 heteroatoms.